The van der Waals surface area contributed by atoms with Crippen LogP contribution in [0.1, 0.15) is 239 Å². The summed E-state index contributed by atoms with van der Waals surface area (Å²) >= 11 is 0. The van der Waals surface area contributed by atoms with Crippen LogP contribution in [0.2, 0.25) is 0 Å². The zero-order valence-electron chi connectivity index (χ0n) is 41.1. The molecule has 0 aromatic carbocycles. The van der Waals surface area contributed by atoms with Gasteiger partial charge in [-0.15, -0.1) is 0 Å². The Morgan fingerprint density at radius 1 is 0.333 bits per heavy atom. The summed E-state index contributed by atoms with van der Waals surface area (Å²) in [6.45, 7) is 6.43. The first-order valence-electron chi connectivity index (χ1n) is 26.2. The Balaban J connectivity index is 4.49. The minimum Gasteiger partial charge on any atom is -0.462 e. The number of carbonyl (C=O) groups excluding carboxylic acids is 3. The summed E-state index contributed by atoms with van der Waals surface area (Å²) in [4.78, 5) is 38.0. The smallest absolute Gasteiger partial charge is 0.306 e. The van der Waals surface area contributed by atoms with E-state index in [1.54, 1.807) is 0 Å². The molecule has 0 aromatic rings. The second-order valence-corrected chi connectivity index (χ2v) is 17.2. The van der Waals surface area contributed by atoms with Gasteiger partial charge in [-0.05, 0) is 89.9 Å². The largest absolute Gasteiger partial charge is 0.462 e. The van der Waals surface area contributed by atoms with Gasteiger partial charge in [-0.25, -0.2) is 0 Å². The van der Waals surface area contributed by atoms with Crippen molar-refractivity contribution in [2.45, 2.75) is 245 Å². The predicted octanol–water partition coefficient (Wildman–Crippen LogP) is 17.2. The van der Waals surface area contributed by atoms with Crippen LogP contribution in [0.4, 0.5) is 0 Å². The molecule has 0 rings (SSSR count). The highest BCUT2D eigenvalue weighted by atomic mass is 16.6. The molecule has 0 aliphatic heterocycles. The van der Waals surface area contributed by atoms with Crippen molar-refractivity contribution < 1.29 is 28.6 Å². The standard InChI is InChI=1S/C57H96O6/c1-4-7-10-13-16-19-22-25-28-30-32-35-38-41-44-47-50-56(59)62-53-54(52-61-55(58)49-46-43-40-37-34-31-27-24-21-18-15-12-9-6-3)63-57(60)51-48-45-42-39-36-33-29-26-23-20-17-14-11-8-5-2/h8,11,14,17,20,23,26,28-31,33-34,36,54H,4-7,9-10,12-13,15-16,18-19,21-22,24-25,27,32,35,37-53H2,1-3H3/b11-8-,17-14-,23-20-,29-26-,30-28-,34-31-,36-33-. The molecule has 0 aliphatic carbocycles. The molecular formula is C57H96O6. The highest BCUT2D eigenvalue weighted by Crippen LogP contribution is 2.14. The first-order valence-corrected chi connectivity index (χ1v) is 26.2. The third kappa shape index (κ3) is 49.5. The Kier molecular flexibility index (Phi) is 48.5. The fourth-order valence-electron chi connectivity index (χ4n) is 7.04. The minimum atomic E-state index is -0.808. The molecule has 0 heterocycles. The zero-order valence-corrected chi connectivity index (χ0v) is 41.1. The molecule has 0 N–H and O–H groups in total. The molecule has 0 fully saturated rings. The van der Waals surface area contributed by atoms with E-state index in [9.17, 15) is 14.4 Å². The van der Waals surface area contributed by atoms with E-state index in [0.29, 0.717) is 19.3 Å². The van der Waals surface area contributed by atoms with Gasteiger partial charge >= 0.3 is 17.9 Å². The van der Waals surface area contributed by atoms with Gasteiger partial charge in [-0.2, -0.15) is 0 Å². The van der Waals surface area contributed by atoms with Gasteiger partial charge in [0.15, 0.2) is 6.10 Å². The van der Waals surface area contributed by atoms with Crippen LogP contribution in [0.5, 0.6) is 0 Å². The maximum atomic E-state index is 12.8. The Labute approximate surface area is 388 Å². The van der Waals surface area contributed by atoms with Crippen molar-refractivity contribution in [3.05, 3.63) is 85.1 Å². The molecule has 0 spiro atoms. The van der Waals surface area contributed by atoms with Crippen molar-refractivity contribution >= 4 is 17.9 Å². The third-order valence-corrected chi connectivity index (χ3v) is 11.0. The lowest BCUT2D eigenvalue weighted by Gasteiger charge is -2.18. The van der Waals surface area contributed by atoms with Crippen LogP contribution in [0.15, 0.2) is 85.1 Å². The fourth-order valence-corrected chi connectivity index (χ4v) is 7.04. The number of hydrogen-bond donors (Lipinski definition) is 0. The first-order chi connectivity index (χ1) is 31.0. The molecule has 1 unspecified atom stereocenters. The molecule has 360 valence electrons. The second kappa shape index (κ2) is 51.2. The van der Waals surface area contributed by atoms with E-state index in [4.69, 9.17) is 14.2 Å². The molecule has 6 nitrogen and oxygen atoms in total. The average molecular weight is 877 g/mol. The maximum absolute atomic E-state index is 12.8. The molecule has 63 heavy (non-hydrogen) atoms. The molecule has 0 bridgehead atoms. The maximum Gasteiger partial charge on any atom is 0.306 e. The molecule has 0 radical (unpaired) electrons. The van der Waals surface area contributed by atoms with E-state index >= 15 is 0 Å². The van der Waals surface area contributed by atoms with E-state index < -0.39 is 6.10 Å². The van der Waals surface area contributed by atoms with Crippen molar-refractivity contribution in [3.8, 4) is 0 Å². The topological polar surface area (TPSA) is 78.9 Å². The van der Waals surface area contributed by atoms with Gasteiger partial charge < -0.3 is 14.2 Å². The van der Waals surface area contributed by atoms with Crippen molar-refractivity contribution in [2.24, 2.45) is 0 Å². The van der Waals surface area contributed by atoms with E-state index in [1.165, 1.54) is 109 Å². The SMILES string of the molecule is CC\C=C/C=C\C=C/C=C\C=C/CCCCCC(=O)OC(COC(=O)CCCCC/C=C\CCCCCCCCC)COC(=O)CCCCCCC/C=C\CCCCCCCCC. The second-order valence-electron chi connectivity index (χ2n) is 17.2. The van der Waals surface area contributed by atoms with Crippen molar-refractivity contribution in [3.63, 3.8) is 0 Å². The summed E-state index contributed by atoms with van der Waals surface area (Å²) < 4.78 is 16.7. The minimum absolute atomic E-state index is 0.103. The van der Waals surface area contributed by atoms with Gasteiger partial charge in [0, 0.05) is 19.3 Å². The van der Waals surface area contributed by atoms with Gasteiger partial charge in [0.05, 0.1) is 0 Å². The van der Waals surface area contributed by atoms with Crippen LogP contribution in [0, 0.1) is 0 Å². The van der Waals surface area contributed by atoms with Crippen LogP contribution >= 0.6 is 0 Å². The summed E-state index contributed by atoms with van der Waals surface area (Å²) in [5.74, 6) is -0.969. The Hall–Kier alpha value is -3.41. The summed E-state index contributed by atoms with van der Waals surface area (Å²) in [6, 6.07) is 0. The monoisotopic (exact) mass is 877 g/mol. The van der Waals surface area contributed by atoms with Gasteiger partial charge in [0.1, 0.15) is 13.2 Å². The molecule has 0 aliphatic rings. The van der Waals surface area contributed by atoms with Crippen molar-refractivity contribution in [1.29, 1.82) is 0 Å². The number of allylic oxidation sites excluding steroid dienone is 14. The summed E-state index contributed by atoms with van der Waals surface area (Å²) in [7, 11) is 0. The lowest BCUT2D eigenvalue weighted by molar-refractivity contribution is -0.167. The van der Waals surface area contributed by atoms with Gasteiger partial charge in [-0.1, -0.05) is 215 Å². The van der Waals surface area contributed by atoms with Crippen LogP contribution < -0.4 is 0 Å². The van der Waals surface area contributed by atoms with E-state index in [-0.39, 0.29) is 37.5 Å². The van der Waals surface area contributed by atoms with Gasteiger partial charge in [0.25, 0.3) is 0 Å². The zero-order chi connectivity index (χ0) is 45.8. The number of rotatable bonds is 46. The first kappa shape index (κ1) is 59.6. The Bertz CT molecular complexity index is 1240. The van der Waals surface area contributed by atoms with Crippen molar-refractivity contribution in [2.75, 3.05) is 13.2 Å². The highest BCUT2D eigenvalue weighted by molar-refractivity contribution is 5.71. The molecule has 6 heteroatoms. The Morgan fingerprint density at radius 2 is 0.635 bits per heavy atom. The quantitative estimate of drug-likeness (QED) is 0.0199. The van der Waals surface area contributed by atoms with E-state index in [1.807, 2.05) is 48.6 Å². The lowest BCUT2D eigenvalue weighted by atomic mass is 10.1. The lowest BCUT2D eigenvalue weighted by Crippen LogP contribution is -2.30. The molecule has 0 saturated heterocycles. The molecular weight excluding hydrogens is 781 g/mol. The molecule has 0 saturated carbocycles. The number of ether oxygens (including phenoxy) is 3. The summed E-state index contributed by atoms with van der Waals surface area (Å²) in [5, 5.41) is 0. The van der Waals surface area contributed by atoms with Crippen LogP contribution in [0.25, 0.3) is 0 Å². The molecule has 1 atom stereocenters. The molecule has 0 aromatic heterocycles. The third-order valence-electron chi connectivity index (χ3n) is 11.0. The van der Waals surface area contributed by atoms with Crippen molar-refractivity contribution in [1.82, 2.24) is 0 Å². The number of esters is 3. The predicted molar refractivity (Wildman–Crippen MR) is 270 cm³/mol. The highest BCUT2D eigenvalue weighted by Gasteiger charge is 2.19. The van der Waals surface area contributed by atoms with E-state index in [2.05, 4.69) is 57.2 Å². The van der Waals surface area contributed by atoms with E-state index in [0.717, 1.165) is 83.5 Å². The number of unbranched alkanes of at least 4 members (excludes halogenated alkanes) is 25. The normalized spacial score (nSPS) is 12.7. The Morgan fingerprint density at radius 3 is 1.03 bits per heavy atom. The number of hydrogen-bond acceptors (Lipinski definition) is 6. The van der Waals surface area contributed by atoms with Crippen LogP contribution in [-0.2, 0) is 28.6 Å². The summed E-state index contributed by atoms with van der Waals surface area (Å²) in [6.07, 6.45) is 65.6. The fraction of sp³-hybridized carbons (Fsp3) is 0.702. The molecule has 0 amide bonds. The summed E-state index contributed by atoms with van der Waals surface area (Å²) in [5.41, 5.74) is 0. The number of carbonyl (C=O) groups is 3. The van der Waals surface area contributed by atoms with Gasteiger partial charge in [-0.3, -0.25) is 14.4 Å². The van der Waals surface area contributed by atoms with Gasteiger partial charge in [0.2, 0.25) is 0 Å². The average Bonchev–Trinajstić information content (AvgIpc) is 3.28. The van der Waals surface area contributed by atoms with Crippen LogP contribution in [0.3, 0.4) is 0 Å². The van der Waals surface area contributed by atoms with Crippen LogP contribution in [-0.4, -0.2) is 37.2 Å².